The molecule has 1 saturated carbocycles. The molecule has 0 aliphatic heterocycles. The molecule has 2 atom stereocenters. The fraction of sp³-hybridized carbons (Fsp3) is 0.857. The number of amides is 2. The van der Waals surface area contributed by atoms with Gasteiger partial charge in [0, 0.05) is 7.05 Å². The number of rotatable bonds is 3. The smallest absolute Gasteiger partial charge is 0.407 e. The molecule has 116 valence electrons. The number of carbonyl (C=O) groups is 2. The molecule has 2 amide bonds. The quantitative estimate of drug-likeness (QED) is 0.815. The zero-order chi connectivity index (χ0) is 15.3. The Morgan fingerprint density at radius 1 is 1.30 bits per heavy atom. The maximum Gasteiger partial charge on any atom is 0.407 e. The van der Waals surface area contributed by atoms with Crippen LogP contribution in [0.4, 0.5) is 4.79 Å². The molecular formula is C14H25ClN2O3. The number of nitrogens with one attached hydrogen (secondary N) is 1. The molecule has 1 aliphatic carbocycles. The van der Waals surface area contributed by atoms with E-state index in [1.807, 2.05) is 20.8 Å². The van der Waals surface area contributed by atoms with Crippen molar-refractivity contribution in [2.75, 3.05) is 12.9 Å². The van der Waals surface area contributed by atoms with Gasteiger partial charge in [-0.25, -0.2) is 4.79 Å². The predicted molar refractivity (Wildman–Crippen MR) is 78.9 cm³/mol. The molecule has 1 fully saturated rings. The van der Waals surface area contributed by atoms with Gasteiger partial charge in [0.15, 0.2) is 0 Å². The summed E-state index contributed by atoms with van der Waals surface area (Å²) in [5.41, 5.74) is -0.522. The van der Waals surface area contributed by atoms with Gasteiger partial charge in [-0.1, -0.05) is 12.8 Å². The highest BCUT2D eigenvalue weighted by Gasteiger charge is 2.32. The van der Waals surface area contributed by atoms with Crippen LogP contribution in [0.2, 0.25) is 0 Å². The molecule has 0 bridgehead atoms. The Balaban J connectivity index is 2.65. The van der Waals surface area contributed by atoms with Crippen molar-refractivity contribution in [2.24, 2.45) is 0 Å². The predicted octanol–water partition coefficient (Wildman–Crippen LogP) is 2.52. The lowest BCUT2D eigenvalue weighted by atomic mass is 9.89. The van der Waals surface area contributed by atoms with Crippen LogP contribution in [0.5, 0.6) is 0 Å². The van der Waals surface area contributed by atoms with Crippen LogP contribution in [-0.4, -0.2) is 47.5 Å². The average Bonchev–Trinajstić information content (AvgIpc) is 2.35. The third-order valence-corrected chi connectivity index (χ3v) is 3.67. The van der Waals surface area contributed by atoms with Crippen molar-refractivity contribution in [3.63, 3.8) is 0 Å². The molecule has 0 aromatic rings. The number of nitrogens with zero attached hydrogens (tertiary/aromatic N) is 1. The van der Waals surface area contributed by atoms with Gasteiger partial charge in [-0.3, -0.25) is 4.79 Å². The molecule has 1 N–H and O–H groups in total. The minimum absolute atomic E-state index is 0.0116. The second-order valence-corrected chi connectivity index (χ2v) is 6.51. The molecular weight excluding hydrogens is 280 g/mol. The summed E-state index contributed by atoms with van der Waals surface area (Å²) in [6, 6.07) is -0.0849. The Bertz CT molecular complexity index is 355. The highest BCUT2D eigenvalue weighted by molar-refractivity contribution is 6.27. The molecule has 0 heterocycles. The third kappa shape index (κ3) is 5.19. The van der Waals surface area contributed by atoms with Crippen molar-refractivity contribution >= 4 is 23.6 Å². The van der Waals surface area contributed by atoms with Gasteiger partial charge < -0.3 is 15.0 Å². The van der Waals surface area contributed by atoms with Gasteiger partial charge in [-0.2, -0.15) is 0 Å². The van der Waals surface area contributed by atoms with Gasteiger partial charge in [0.1, 0.15) is 11.5 Å². The third-order valence-electron chi connectivity index (χ3n) is 3.44. The maximum atomic E-state index is 11.9. The lowest BCUT2D eigenvalue weighted by Gasteiger charge is -2.38. The van der Waals surface area contributed by atoms with Crippen molar-refractivity contribution in [1.29, 1.82) is 0 Å². The van der Waals surface area contributed by atoms with Crippen molar-refractivity contribution in [3.05, 3.63) is 0 Å². The Morgan fingerprint density at radius 2 is 1.90 bits per heavy atom. The Hall–Kier alpha value is -0.970. The summed E-state index contributed by atoms with van der Waals surface area (Å²) >= 11 is 5.60. The lowest BCUT2D eigenvalue weighted by molar-refractivity contribution is -0.130. The second-order valence-electron chi connectivity index (χ2n) is 6.24. The van der Waals surface area contributed by atoms with Gasteiger partial charge in [0.25, 0.3) is 0 Å². The van der Waals surface area contributed by atoms with Crippen molar-refractivity contribution in [1.82, 2.24) is 10.2 Å². The first-order valence-electron chi connectivity index (χ1n) is 7.05. The summed E-state index contributed by atoms with van der Waals surface area (Å²) < 4.78 is 5.28. The van der Waals surface area contributed by atoms with E-state index in [2.05, 4.69) is 5.32 Å². The zero-order valence-electron chi connectivity index (χ0n) is 12.7. The number of carbonyl (C=O) groups excluding carboxylic acids is 2. The van der Waals surface area contributed by atoms with Crippen LogP contribution in [0.25, 0.3) is 0 Å². The number of likely N-dealkylation sites (N-methyl/N-ethyl adjacent to an activating group) is 1. The van der Waals surface area contributed by atoms with Crippen LogP contribution in [0.1, 0.15) is 46.5 Å². The van der Waals surface area contributed by atoms with E-state index in [9.17, 15) is 9.59 Å². The molecule has 0 radical (unpaired) electrons. The fourth-order valence-corrected chi connectivity index (χ4v) is 2.67. The van der Waals surface area contributed by atoms with Crippen molar-refractivity contribution in [2.45, 2.75) is 64.1 Å². The summed E-state index contributed by atoms with van der Waals surface area (Å²) in [7, 11) is 1.74. The van der Waals surface area contributed by atoms with Gasteiger partial charge >= 0.3 is 6.09 Å². The summed E-state index contributed by atoms with van der Waals surface area (Å²) in [6.45, 7) is 5.48. The Kier molecular flexibility index (Phi) is 6.11. The number of hydrogen-bond donors (Lipinski definition) is 1. The minimum Gasteiger partial charge on any atom is -0.444 e. The zero-order valence-corrected chi connectivity index (χ0v) is 13.5. The van der Waals surface area contributed by atoms with Crippen LogP contribution >= 0.6 is 11.6 Å². The first-order chi connectivity index (χ1) is 9.24. The molecule has 1 aliphatic rings. The van der Waals surface area contributed by atoms with E-state index in [0.29, 0.717) is 0 Å². The molecule has 0 aromatic heterocycles. The SMILES string of the molecule is CN(C(=O)CCl)[C@H]1CCCC[C@H]1NC(=O)OC(C)(C)C. The largest absolute Gasteiger partial charge is 0.444 e. The van der Waals surface area contributed by atoms with E-state index in [1.165, 1.54) is 0 Å². The van der Waals surface area contributed by atoms with E-state index < -0.39 is 11.7 Å². The van der Waals surface area contributed by atoms with Gasteiger partial charge in [-0.05, 0) is 33.6 Å². The normalized spacial score (nSPS) is 23.1. The number of alkyl halides is 1. The lowest BCUT2D eigenvalue weighted by Crippen LogP contribution is -2.54. The number of hydrogen-bond acceptors (Lipinski definition) is 3. The van der Waals surface area contributed by atoms with Gasteiger partial charge in [0.2, 0.25) is 5.91 Å². The van der Waals surface area contributed by atoms with Crippen LogP contribution < -0.4 is 5.32 Å². The molecule has 6 heteroatoms. The van der Waals surface area contributed by atoms with Crippen LogP contribution in [0, 0.1) is 0 Å². The number of halogens is 1. The standard InChI is InChI=1S/C14H25ClN2O3/c1-14(2,3)20-13(19)16-10-7-5-6-8-11(10)17(4)12(18)9-15/h10-11H,5-9H2,1-4H3,(H,16,19)/t10-,11+/m1/s1. The molecule has 0 spiro atoms. The average molecular weight is 305 g/mol. The summed E-state index contributed by atoms with van der Waals surface area (Å²) in [4.78, 5) is 25.2. The van der Waals surface area contributed by atoms with Gasteiger partial charge in [0.05, 0.1) is 12.1 Å². The van der Waals surface area contributed by atoms with Crippen LogP contribution in [-0.2, 0) is 9.53 Å². The molecule has 0 unspecified atom stereocenters. The summed E-state index contributed by atoms with van der Waals surface area (Å²) in [5, 5.41) is 2.89. The second kappa shape index (κ2) is 7.16. The number of alkyl carbamates (subject to hydrolysis) is 1. The maximum absolute atomic E-state index is 11.9. The molecule has 1 rings (SSSR count). The molecule has 5 nitrogen and oxygen atoms in total. The highest BCUT2D eigenvalue weighted by atomic mass is 35.5. The van der Waals surface area contributed by atoms with E-state index in [4.69, 9.17) is 16.3 Å². The first kappa shape index (κ1) is 17.1. The topological polar surface area (TPSA) is 58.6 Å². The Labute approximate surface area is 126 Å². The first-order valence-corrected chi connectivity index (χ1v) is 7.59. The minimum atomic E-state index is -0.522. The Morgan fingerprint density at radius 3 is 2.45 bits per heavy atom. The molecule has 20 heavy (non-hydrogen) atoms. The fourth-order valence-electron chi connectivity index (χ4n) is 2.48. The van der Waals surface area contributed by atoms with E-state index in [-0.39, 0.29) is 23.9 Å². The molecule has 0 saturated heterocycles. The summed E-state index contributed by atoms with van der Waals surface area (Å²) in [5.74, 6) is -0.152. The van der Waals surface area contributed by atoms with Crippen LogP contribution in [0.15, 0.2) is 0 Å². The van der Waals surface area contributed by atoms with Crippen molar-refractivity contribution in [3.8, 4) is 0 Å². The van der Waals surface area contributed by atoms with E-state index >= 15 is 0 Å². The van der Waals surface area contributed by atoms with E-state index in [1.54, 1.807) is 11.9 Å². The molecule has 0 aromatic carbocycles. The number of ether oxygens (including phenoxy) is 1. The van der Waals surface area contributed by atoms with Crippen molar-refractivity contribution < 1.29 is 14.3 Å². The van der Waals surface area contributed by atoms with E-state index in [0.717, 1.165) is 25.7 Å². The van der Waals surface area contributed by atoms with Gasteiger partial charge in [-0.15, -0.1) is 11.6 Å². The summed E-state index contributed by atoms with van der Waals surface area (Å²) in [6.07, 6.45) is 3.39. The highest BCUT2D eigenvalue weighted by Crippen LogP contribution is 2.23. The monoisotopic (exact) mass is 304 g/mol. The van der Waals surface area contributed by atoms with Crippen LogP contribution in [0.3, 0.4) is 0 Å².